The number of nitrogens with zero attached hydrogens (tertiary/aromatic N) is 1. The average molecular weight is 228 g/mol. The van der Waals surface area contributed by atoms with Crippen molar-refractivity contribution in [2.75, 3.05) is 26.2 Å². The highest BCUT2D eigenvalue weighted by molar-refractivity contribution is 5.79. The molecule has 0 saturated carbocycles. The van der Waals surface area contributed by atoms with Crippen molar-refractivity contribution in [2.24, 2.45) is 11.8 Å². The van der Waals surface area contributed by atoms with E-state index in [9.17, 15) is 4.79 Å². The highest BCUT2D eigenvalue weighted by atomic mass is 16.3. The zero-order chi connectivity index (χ0) is 12.1. The van der Waals surface area contributed by atoms with Gasteiger partial charge in [0.25, 0.3) is 0 Å². The third-order valence-corrected chi connectivity index (χ3v) is 2.84. The molecule has 4 heteroatoms. The molecule has 2 N–H and O–H groups in total. The van der Waals surface area contributed by atoms with E-state index in [1.807, 2.05) is 0 Å². The third-order valence-electron chi connectivity index (χ3n) is 2.84. The number of carbonyl (C=O) groups is 1. The molecule has 94 valence electrons. The maximum absolute atomic E-state index is 11.7. The lowest BCUT2D eigenvalue weighted by Crippen LogP contribution is -2.37. The Labute approximate surface area is 98.0 Å². The quantitative estimate of drug-likeness (QED) is 0.719. The minimum Gasteiger partial charge on any atom is -0.392 e. The molecule has 0 aromatic carbocycles. The second-order valence-electron chi connectivity index (χ2n) is 5.23. The molecule has 2 unspecified atom stereocenters. The molecule has 1 heterocycles. The first-order valence-corrected chi connectivity index (χ1v) is 6.17. The van der Waals surface area contributed by atoms with Gasteiger partial charge in [0, 0.05) is 19.6 Å². The van der Waals surface area contributed by atoms with Crippen molar-refractivity contribution in [3.8, 4) is 0 Å². The number of hydrogen-bond acceptors (Lipinski definition) is 3. The van der Waals surface area contributed by atoms with E-state index in [4.69, 9.17) is 5.11 Å². The maximum atomic E-state index is 11.7. The van der Waals surface area contributed by atoms with Gasteiger partial charge in [0.2, 0.25) is 5.91 Å². The molecule has 0 radical (unpaired) electrons. The smallest absolute Gasteiger partial charge is 0.224 e. The molecule has 4 nitrogen and oxygen atoms in total. The van der Waals surface area contributed by atoms with E-state index < -0.39 is 6.10 Å². The predicted molar refractivity (Wildman–Crippen MR) is 64.1 cm³/mol. The van der Waals surface area contributed by atoms with Crippen LogP contribution in [0, 0.1) is 11.8 Å². The third kappa shape index (κ3) is 4.49. The van der Waals surface area contributed by atoms with Crippen LogP contribution in [0.4, 0.5) is 0 Å². The number of aliphatic hydroxyl groups is 1. The highest BCUT2D eigenvalue weighted by Crippen LogP contribution is 2.17. The van der Waals surface area contributed by atoms with Gasteiger partial charge in [-0.25, -0.2) is 0 Å². The number of aliphatic hydroxyl groups excluding tert-OH is 1. The van der Waals surface area contributed by atoms with Gasteiger partial charge < -0.3 is 15.3 Å². The van der Waals surface area contributed by atoms with Crippen molar-refractivity contribution in [3.05, 3.63) is 0 Å². The molecule has 0 aliphatic carbocycles. The second-order valence-corrected chi connectivity index (χ2v) is 5.23. The number of carbonyl (C=O) groups excluding carboxylic acids is 1. The Bertz CT molecular complexity index is 229. The lowest BCUT2D eigenvalue weighted by Gasteiger charge is -2.18. The van der Waals surface area contributed by atoms with Gasteiger partial charge in [0.05, 0.1) is 12.0 Å². The monoisotopic (exact) mass is 228 g/mol. The van der Waals surface area contributed by atoms with Gasteiger partial charge in [0.15, 0.2) is 0 Å². The zero-order valence-electron chi connectivity index (χ0n) is 10.6. The molecule has 1 aliphatic heterocycles. The summed E-state index contributed by atoms with van der Waals surface area (Å²) in [5.41, 5.74) is 0. The largest absolute Gasteiger partial charge is 0.392 e. The average Bonchev–Trinajstić information content (AvgIpc) is 2.61. The summed E-state index contributed by atoms with van der Waals surface area (Å²) in [7, 11) is 0. The summed E-state index contributed by atoms with van der Waals surface area (Å²) in [5, 5.41) is 11.9. The summed E-state index contributed by atoms with van der Waals surface area (Å²) in [5.74, 6) is 0.851. The minimum atomic E-state index is -0.461. The molecule has 0 aromatic rings. The zero-order valence-corrected chi connectivity index (χ0v) is 10.6. The molecule has 1 rings (SSSR count). The Kier molecular flexibility index (Phi) is 5.22. The Morgan fingerprint density at radius 1 is 1.50 bits per heavy atom. The van der Waals surface area contributed by atoms with Crippen molar-refractivity contribution in [1.29, 1.82) is 0 Å². The number of nitrogens with one attached hydrogen (secondary N) is 1. The van der Waals surface area contributed by atoms with E-state index in [-0.39, 0.29) is 11.8 Å². The fourth-order valence-electron chi connectivity index (χ4n) is 2.12. The van der Waals surface area contributed by atoms with Gasteiger partial charge in [-0.15, -0.1) is 0 Å². The van der Waals surface area contributed by atoms with E-state index in [0.717, 1.165) is 26.1 Å². The highest BCUT2D eigenvalue weighted by Gasteiger charge is 2.28. The summed E-state index contributed by atoms with van der Waals surface area (Å²) < 4.78 is 0. The minimum absolute atomic E-state index is 0.0900. The molecular formula is C12H24N2O2. The van der Waals surface area contributed by atoms with Crippen LogP contribution in [-0.4, -0.2) is 48.2 Å². The molecule has 0 bridgehead atoms. The van der Waals surface area contributed by atoms with Gasteiger partial charge in [0.1, 0.15) is 0 Å². The van der Waals surface area contributed by atoms with E-state index in [0.29, 0.717) is 12.5 Å². The van der Waals surface area contributed by atoms with Gasteiger partial charge in [-0.3, -0.25) is 4.79 Å². The molecule has 2 atom stereocenters. The van der Waals surface area contributed by atoms with Crippen LogP contribution in [0.2, 0.25) is 0 Å². The number of likely N-dealkylation sites (tertiary alicyclic amines) is 1. The fraction of sp³-hybridized carbons (Fsp3) is 0.917. The first-order valence-electron chi connectivity index (χ1n) is 6.17. The Balaban J connectivity index is 2.26. The fourth-order valence-corrected chi connectivity index (χ4v) is 2.12. The van der Waals surface area contributed by atoms with E-state index in [1.54, 1.807) is 6.92 Å². The van der Waals surface area contributed by atoms with Crippen molar-refractivity contribution < 1.29 is 9.90 Å². The predicted octanol–water partition coefficient (Wildman–Crippen LogP) is 0.461. The Hall–Kier alpha value is -0.610. The van der Waals surface area contributed by atoms with Crippen molar-refractivity contribution >= 4 is 5.91 Å². The van der Waals surface area contributed by atoms with E-state index >= 15 is 0 Å². The molecule has 1 fully saturated rings. The first kappa shape index (κ1) is 13.5. The van der Waals surface area contributed by atoms with E-state index in [1.165, 1.54) is 0 Å². The standard InChI is InChI=1S/C12H24N2O2/c1-9(2)7-14-5-4-11(8-14)12(16)13-6-10(3)15/h9-11,15H,4-8H2,1-3H3,(H,13,16). The van der Waals surface area contributed by atoms with Crippen LogP contribution in [0.5, 0.6) is 0 Å². The lowest BCUT2D eigenvalue weighted by atomic mass is 10.1. The van der Waals surface area contributed by atoms with Gasteiger partial charge in [-0.05, 0) is 25.8 Å². The van der Waals surface area contributed by atoms with E-state index in [2.05, 4.69) is 24.1 Å². The summed E-state index contributed by atoms with van der Waals surface area (Å²) in [6.07, 6.45) is 0.482. The van der Waals surface area contributed by atoms with Gasteiger partial charge >= 0.3 is 0 Å². The van der Waals surface area contributed by atoms with Gasteiger partial charge in [-0.1, -0.05) is 13.8 Å². The van der Waals surface area contributed by atoms with Crippen LogP contribution < -0.4 is 5.32 Å². The second kappa shape index (κ2) is 6.21. The normalized spacial score (nSPS) is 23.7. The van der Waals surface area contributed by atoms with Crippen LogP contribution in [0.3, 0.4) is 0 Å². The summed E-state index contributed by atoms with van der Waals surface area (Å²) in [4.78, 5) is 14.1. The summed E-state index contributed by atoms with van der Waals surface area (Å²) in [6, 6.07) is 0. The lowest BCUT2D eigenvalue weighted by molar-refractivity contribution is -0.125. The van der Waals surface area contributed by atoms with Crippen LogP contribution in [0.25, 0.3) is 0 Å². The molecule has 1 aliphatic rings. The molecule has 1 amide bonds. The van der Waals surface area contributed by atoms with Crippen LogP contribution in [-0.2, 0) is 4.79 Å². The van der Waals surface area contributed by atoms with Crippen molar-refractivity contribution in [1.82, 2.24) is 10.2 Å². The van der Waals surface area contributed by atoms with Crippen molar-refractivity contribution in [3.63, 3.8) is 0 Å². The molecule has 1 saturated heterocycles. The van der Waals surface area contributed by atoms with Crippen LogP contribution in [0.15, 0.2) is 0 Å². The Morgan fingerprint density at radius 3 is 2.75 bits per heavy atom. The molecule has 0 aromatic heterocycles. The topological polar surface area (TPSA) is 52.6 Å². The summed E-state index contributed by atoms with van der Waals surface area (Å²) in [6.45, 7) is 9.39. The molecule has 0 spiro atoms. The number of hydrogen-bond donors (Lipinski definition) is 2. The SMILES string of the molecule is CC(C)CN1CCC(C(=O)NCC(C)O)C1. The molecular weight excluding hydrogens is 204 g/mol. The number of rotatable bonds is 5. The number of amides is 1. The summed E-state index contributed by atoms with van der Waals surface area (Å²) >= 11 is 0. The van der Waals surface area contributed by atoms with Gasteiger partial charge in [-0.2, -0.15) is 0 Å². The first-order chi connectivity index (χ1) is 7.49. The maximum Gasteiger partial charge on any atom is 0.224 e. The van der Waals surface area contributed by atoms with Crippen molar-refractivity contribution in [2.45, 2.75) is 33.3 Å². The molecule has 16 heavy (non-hydrogen) atoms. The van der Waals surface area contributed by atoms with Crippen LogP contribution in [0.1, 0.15) is 27.2 Å². The van der Waals surface area contributed by atoms with Crippen LogP contribution >= 0.6 is 0 Å². The Morgan fingerprint density at radius 2 is 2.19 bits per heavy atom.